The highest BCUT2D eigenvalue weighted by atomic mass is 15.3. The van der Waals surface area contributed by atoms with Crippen molar-refractivity contribution < 1.29 is 0 Å². The van der Waals surface area contributed by atoms with Crippen LogP contribution in [0, 0.1) is 6.92 Å². The number of piperazine rings is 1. The van der Waals surface area contributed by atoms with Crippen molar-refractivity contribution in [3.05, 3.63) is 29.3 Å². The first-order chi connectivity index (χ1) is 9.60. The Labute approximate surface area is 124 Å². The Bertz CT molecular complexity index is 420. The fourth-order valence-electron chi connectivity index (χ4n) is 2.78. The number of nitrogens with zero attached hydrogens (tertiary/aromatic N) is 2. The Morgan fingerprint density at radius 2 is 1.85 bits per heavy atom. The second kappa shape index (κ2) is 7.09. The fraction of sp³-hybridized carbons (Fsp3) is 0.647. The number of hydrogen-bond acceptors (Lipinski definition) is 3. The summed E-state index contributed by atoms with van der Waals surface area (Å²) in [5.41, 5.74) is 4.20. The second-order valence-corrected chi connectivity index (χ2v) is 6.09. The van der Waals surface area contributed by atoms with Crippen LogP contribution in [-0.4, -0.2) is 43.7 Å². The van der Waals surface area contributed by atoms with E-state index in [1.165, 1.54) is 36.4 Å². The molecule has 0 saturated carbocycles. The number of likely N-dealkylation sites (N-methyl/N-ethyl adjacent to an activating group) is 1. The summed E-state index contributed by atoms with van der Waals surface area (Å²) in [5.74, 6) is 0. The zero-order valence-electron chi connectivity index (χ0n) is 13.4. The SMILES string of the molecule is CCN1CCN(c2ccc(C)cc2CNC(C)C)CC1. The van der Waals surface area contributed by atoms with Crippen molar-refractivity contribution in [3.63, 3.8) is 0 Å². The third kappa shape index (κ3) is 3.97. The Hall–Kier alpha value is -1.06. The zero-order chi connectivity index (χ0) is 14.5. The second-order valence-electron chi connectivity index (χ2n) is 6.09. The molecule has 0 amide bonds. The normalized spacial score (nSPS) is 16.9. The average molecular weight is 275 g/mol. The molecule has 1 aromatic rings. The molecule has 0 aliphatic carbocycles. The molecule has 1 fully saturated rings. The number of nitrogens with one attached hydrogen (secondary N) is 1. The van der Waals surface area contributed by atoms with Crippen LogP contribution in [0.15, 0.2) is 18.2 Å². The van der Waals surface area contributed by atoms with Gasteiger partial charge in [0.05, 0.1) is 0 Å². The van der Waals surface area contributed by atoms with Gasteiger partial charge in [0.1, 0.15) is 0 Å². The predicted octanol–water partition coefficient (Wildman–Crippen LogP) is 2.63. The molecule has 2 rings (SSSR count). The molecule has 1 aromatic carbocycles. The highest BCUT2D eigenvalue weighted by Crippen LogP contribution is 2.23. The minimum atomic E-state index is 0.528. The van der Waals surface area contributed by atoms with Crippen LogP contribution in [0.4, 0.5) is 5.69 Å². The fourth-order valence-corrected chi connectivity index (χ4v) is 2.78. The molecular formula is C17H29N3. The zero-order valence-corrected chi connectivity index (χ0v) is 13.4. The third-order valence-electron chi connectivity index (χ3n) is 4.10. The summed E-state index contributed by atoms with van der Waals surface area (Å²) in [6, 6.07) is 7.39. The summed E-state index contributed by atoms with van der Waals surface area (Å²) in [6.45, 7) is 15.6. The van der Waals surface area contributed by atoms with Gasteiger partial charge in [-0.15, -0.1) is 0 Å². The average Bonchev–Trinajstić information content (AvgIpc) is 2.45. The first kappa shape index (κ1) is 15.3. The van der Waals surface area contributed by atoms with E-state index in [4.69, 9.17) is 0 Å². The first-order valence-electron chi connectivity index (χ1n) is 7.90. The lowest BCUT2D eigenvalue weighted by molar-refractivity contribution is 0.271. The van der Waals surface area contributed by atoms with E-state index in [9.17, 15) is 0 Å². The van der Waals surface area contributed by atoms with Crippen molar-refractivity contribution in [1.29, 1.82) is 0 Å². The van der Waals surface area contributed by atoms with E-state index in [1.807, 2.05) is 0 Å². The van der Waals surface area contributed by atoms with Gasteiger partial charge in [0.2, 0.25) is 0 Å². The van der Waals surface area contributed by atoms with Crippen molar-refractivity contribution in [1.82, 2.24) is 10.2 Å². The van der Waals surface area contributed by atoms with E-state index in [0.29, 0.717) is 6.04 Å². The standard InChI is InChI=1S/C17H29N3/c1-5-19-8-10-20(11-9-19)17-7-6-15(4)12-16(17)13-18-14(2)3/h6-7,12,14,18H,5,8-11,13H2,1-4H3. The highest BCUT2D eigenvalue weighted by Gasteiger charge is 2.18. The van der Waals surface area contributed by atoms with Gasteiger partial charge in [0.15, 0.2) is 0 Å². The monoisotopic (exact) mass is 275 g/mol. The van der Waals surface area contributed by atoms with Gasteiger partial charge in [-0.05, 0) is 25.1 Å². The molecule has 20 heavy (non-hydrogen) atoms. The predicted molar refractivity (Wildman–Crippen MR) is 87.5 cm³/mol. The third-order valence-corrected chi connectivity index (χ3v) is 4.10. The van der Waals surface area contributed by atoms with Gasteiger partial charge >= 0.3 is 0 Å². The van der Waals surface area contributed by atoms with Gasteiger partial charge < -0.3 is 15.1 Å². The summed E-state index contributed by atoms with van der Waals surface area (Å²) < 4.78 is 0. The number of aryl methyl sites for hydroxylation is 1. The molecule has 3 nitrogen and oxygen atoms in total. The van der Waals surface area contributed by atoms with E-state index < -0.39 is 0 Å². The van der Waals surface area contributed by atoms with Gasteiger partial charge in [-0.2, -0.15) is 0 Å². The Morgan fingerprint density at radius 1 is 1.15 bits per heavy atom. The first-order valence-corrected chi connectivity index (χ1v) is 7.90. The van der Waals surface area contributed by atoms with Crippen molar-refractivity contribution in [2.45, 2.75) is 40.3 Å². The molecule has 0 radical (unpaired) electrons. The van der Waals surface area contributed by atoms with Crippen molar-refractivity contribution in [3.8, 4) is 0 Å². The number of anilines is 1. The highest BCUT2D eigenvalue weighted by molar-refractivity contribution is 5.55. The Kier molecular flexibility index (Phi) is 5.44. The van der Waals surface area contributed by atoms with Gasteiger partial charge in [-0.1, -0.05) is 38.5 Å². The van der Waals surface area contributed by atoms with Crippen LogP contribution >= 0.6 is 0 Å². The summed E-state index contributed by atoms with van der Waals surface area (Å²) >= 11 is 0. The molecular weight excluding hydrogens is 246 g/mol. The molecule has 0 bridgehead atoms. The lowest BCUT2D eigenvalue weighted by atomic mass is 10.1. The molecule has 1 aliphatic rings. The van der Waals surface area contributed by atoms with Gasteiger partial charge in [-0.3, -0.25) is 0 Å². The van der Waals surface area contributed by atoms with Crippen LogP contribution in [0.3, 0.4) is 0 Å². The maximum absolute atomic E-state index is 3.55. The van der Waals surface area contributed by atoms with Gasteiger partial charge in [-0.25, -0.2) is 0 Å². The van der Waals surface area contributed by atoms with Crippen LogP contribution in [0.5, 0.6) is 0 Å². The molecule has 0 spiro atoms. The molecule has 0 aromatic heterocycles. The molecule has 0 unspecified atom stereocenters. The summed E-state index contributed by atoms with van der Waals surface area (Å²) in [7, 11) is 0. The maximum Gasteiger partial charge on any atom is 0.0412 e. The topological polar surface area (TPSA) is 18.5 Å². The molecule has 1 N–H and O–H groups in total. The van der Waals surface area contributed by atoms with Crippen LogP contribution in [0.25, 0.3) is 0 Å². The van der Waals surface area contributed by atoms with Crippen LogP contribution < -0.4 is 10.2 Å². The minimum absolute atomic E-state index is 0.528. The van der Waals surface area contributed by atoms with Crippen LogP contribution in [0.2, 0.25) is 0 Å². The van der Waals surface area contributed by atoms with E-state index >= 15 is 0 Å². The largest absolute Gasteiger partial charge is 0.369 e. The summed E-state index contributed by atoms with van der Waals surface area (Å²) in [6.07, 6.45) is 0. The molecule has 1 heterocycles. The molecule has 0 atom stereocenters. The summed E-state index contributed by atoms with van der Waals surface area (Å²) in [4.78, 5) is 5.07. The number of rotatable bonds is 5. The van der Waals surface area contributed by atoms with Crippen molar-refractivity contribution in [2.24, 2.45) is 0 Å². The van der Waals surface area contributed by atoms with Crippen LogP contribution in [-0.2, 0) is 6.54 Å². The smallest absolute Gasteiger partial charge is 0.0412 e. The molecule has 1 saturated heterocycles. The van der Waals surface area contributed by atoms with Crippen molar-refractivity contribution in [2.75, 3.05) is 37.6 Å². The van der Waals surface area contributed by atoms with E-state index in [-0.39, 0.29) is 0 Å². The van der Waals surface area contributed by atoms with E-state index in [0.717, 1.165) is 19.6 Å². The lowest BCUT2D eigenvalue weighted by Gasteiger charge is -2.36. The molecule has 3 heteroatoms. The van der Waals surface area contributed by atoms with E-state index in [2.05, 4.69) is 61.0 Å². The Morgan fingerprint density at radius 3 is 2.45 bits per heavy atom. The maximum atomic E-state index is 3.55. The minimum Gasteiger partial charge on any atom is -0.369 e. The van der Waals surface area contributed by atoms with Gasteiger partial charge in [0.25, 0.3) is 0 Å². The van der Waals surface area contributed by atoms with Gasteiger partial charge in [0, 0.05) is 44.5 Å². The number of benzene rings is 1. The lowest BCUT2D eigenvalue weighted by Crippen LogP contribution is -2.46. The van der Waals surface area contributed by atoms with E-state index in [1.54, 1.807) is 0 Å². The quantitative estimate of drug-likeness (QED) is 0.891. The number of hydrogen-bond donors (Lipinski definition) is 1. The molecule has 1 aliphatic heterocycles. The summed E-state index contributed by atoms with van der Waals surface area (Å²) in [5, 5.41) is 3.55. The van der Waals surface area contributed by atoms with Crippen LogP contribution in [0.1, 0.15) is 31.9 Å². The Balaban J connectivity index is 2.10. The molecule has 112 valence electrons. The van der Waals surface area contributed by atoms with Crippen molar-refractivity contribution >= 4 is 5.69 Å².